The summed E-state index contributed by atoms with van der Waals surface area (Å²) in [6.45, 7) is 1.98. The number of rotatable bonds is 8. The second-order valence-corrected chi connectivity index (χ2v) is 8.32. The van der Waals surface area contributed by atoms with E-state index in [-0.39, 0.29) is 24.0 Å². The van der Waals surface area contributed by atoms with Gasteiger partial charge in [-0.1, -0.05) is 41.6 Å². The maximum atomic E-state index is 12.2. The molecule has 2 amide bonds. The summed E-state index contributed by atoms with van der Waals surface area (Å²) in [6.07, 6.45) is 0.832. The first-order chi connectivity index (χ1) is 13.9. The summed E-state index contributed by atoms with van der Waals surface area (Å²) < 4.78 is 1.69. The number of hydrogen-bond donors (Lipinski definition) is 2. The van der Waals surface area contributed by atoms with E-state index in [1.54, 1.807) is 35.9 Å². The Hall–Kier alpha value is -2.50. The first-order valence-corrected chi connectivity index (χ1v) is 10.8. The third-order valence-corrected chi connectivity index (χ3v) is 5.97. The lowest BCUT2D eigenvalue weighted by atomic mass is 10.3. The van der Waals surface area contributed by atoms with Gasteiger partial charge in [-0.15, -0.1) is 20.4 Å². The van der Waals surface area contributed by atoms with Gasteiger partial charge in [0, 0.05) is 17.8 Å². The number of halogens is 1. The second-order valence-electron chi connectivity index (χ2n) is 5.88. The van der Waals surface area contributed by atoms with Crippen molar-refractivity contribution in [3.63, 3.8) is 0 Å². The number of anilines is 2. The molecule has 0 fully saturated rings. The average Bonchev–Trinajstić information content (AvgIpc) is 3.29. The minimum Gasteiger partial charge on any atom is -0.326 e. The summed E-state index contributed by atoms with van der Waals surface area (Å²) in [6, 6.07) is 6.84. The lowest BCUT2D eigenvalue weighted by Crippen LogP contribution is -2.17. The maximum absolute atomic E-state index is 12.2. The number of nitrogens with zero attached hydrogens (tertiary/aromatic N) is 5. The van der Waals surface area contributed by atoms with Crippen LogP contribution in [0.2, 0.25) is 5.02 Å². The highest BCUT2D eigenvalue weighted by Crippen LogP contribution is 2.19. The van der Waals surface area contributed by atoms with Gasteiger partial charge < -0.3 is 9.88 Å². The number of carbonyl (C=O) groups is 2. The van der Waals surface area contributed by atoms with Gasteiger partial charge in [-0.2, -0.15) is 0 Å². The molecule has 0 radical (unpaired) electrons. The molecule has 0 saturated heterocycles. The fraction of sp³-hybridized carbons (Fsp3) is 0.294. The van der Waals surface area contributed by atoms with Crippen LogP contribution in [0.15, 0.2) is 29.4 Å². The maximum Gasteiger partial charge on any atom is 0.236 e. The zero-order chi connectivity index (χ0) is 20.8. The Balaban J connectivity index is 1.51. The molecule has 0 aliphatic carbocycles. The van der Waals surface area contributed by atoms with E-state index in [0.717, 1.165) is 11.4 Å². The van der Waals surface area contributed by atoms with E-state index < -0.39 is 0 Å². The topological polar surface area (TPSA) is 115 Å². The Morgan fingerprint density at radius 2 is 1.86 bits per heavy atom. The van der Waals surface area contributed by atoms with Crippen molar-refractivity contribution in [1.29, 1.82) is 0 Å². The van der Waals surface area contributed by atoms with Crippen molar-refractivity contribution in [2.75, 3.05) is 16.4 Å². The number of hydrogen-bond acceptors (Lipinski definition) is 8. The highest BCUT2D eigenvalue weighted by atomic mass is 35.5. The van der Waals surface area contributed by atoms with Gasteiger partial charge in [0.15, 0.2) is 5.16 Å². The second kappa shape index (κ2) is 9.81. The molecule has 12 heteroatoms. The lowest BCUT2D eigenvalue weighted by Gasteiger charge is -2.06. The van der Waals surface area contributed by atoms with Gasteiger partial charge in [0.1, 0.15) is 10.8 Å². The quantitative estimate of drug-likeness (QED) is 0.506. The van der Waals surface area contributed by atoms with Gasteiger partial charge in [-0.3, -0.25) is 14.9 Å². The van der Waals surface area contributed by atoms with Gasteiger partial charge >= 0.3 is 0 Å². The molecule has 0 spiro atoms. The average molecular weight is 452 g/mol. The van der Waals surface area contributed by atoms with Crippen molar-refractivity contribution < 1.29 is 9.59 Å². The molecule has 0 saturated carbocycles. The van der Waals surface area contributed by atoms with Crippen molar-refractivity contribution in [2.45, 2.75) is 24.9 Å². The summed E-state index contributed by atoms with van der Waals surface area (Å²) in [5.74, 6) is 0.208. The van der Waals surface area contributed by atoms with E-state index in [9.17, 15) is 9.59 Å². The van der Waals surface area contributed by atoms with Crippen LogP contribution in [0.25, 0.3) is 0 Å². The summed E-state index contributed by atoms with van der Waals surface area (Å²) in [5, 5.41) is 23.9. The molecule has 152 valence electrons. The molecule has 29 heavy (non-hydrogen) atoms. The first-order valence-electron chi connectivity index (χ1n) is 8.63. The van der Waals surface area contributed by atoms with Gasteiger partial charge in [-0.25, -0.2) is 0 Å². The van der Waals surface area contributed by atoms with Crippen molar-refractivity contribution in [3.8, 4) is 0 Å². The molecule has 0 atom stereocenters. The van der Waals surface area contributed by atoms with Crippen LogP contribution in [-0.4, -0.2) is 42.5 Å². The molecule has 0 bridgehead atoms. The van der Waals surface area contributed by atoms with E-state index in [2.05, 4.69) is 31.0 Å². The minimum atomic E-state index is -0.222. The molecule has 2 heterocycles. The Morgan fingerprint density at radius 3 is 2.55 bits per heavy atom. The van der Waals surface area contributed by atoms with Crippen LogP contribution in [-0.2, 0) is 29.5 Å². The van der Waals surface area contributed by atoms with Crippen LogP contribution in [0, 0.1) is 0 Å². The van der Waals surface area contributed by atoms with Crippen molar-refractivity contribution in [1.82, 2.24) is 25.0 Å². The number of thioether (sulfide) groups is 1. The molecule has 0 aliphatic rings. The number of carbonyl (C=O) groups excluding carboxylic acids is 2. The van der Waals surface area contributed by atoms with Crippen LogP contribution in [0.4, 0.5) is 10.8 Å². The fourth-order valence-corrected chi connectivity index (χ4v) is 3.79. The SMILES string of the molecule is CCc1nnc(NC(=O)CSc2nnc(CC(=O)Nc3ccc(Cl)cc3)n2C)s1. The molecule has 9 nitrogen and oxygen atoms in total. The largest absolute Gasteiger partial charge is 0.326 e. The number of aromatic nitrogens is 5. The fourth-order valence-electron chi connectivity index (χ4n) is 2.24. The number of aryl methyl sites for hydroxylation is 1. The van der Waals surface area contributed by atoms with Crippen LogP contribution < -0.4 is 10.6 Å². The van der Waals surface area contributed by atoms with Crippen LogP contribution in [0.3, 0.4) is 0 Å². The number of amides is 2. The third kappa shape index (κ3) is 5.99. The Labute approximate surface area is 180 Å². The summed E-state index contributed by atoms with van der Waals surface area (Å²) in [7, 11) is 1.75. The van der Waals surface area contributed by atoms with Crippen molar-refractivity contribution in [2.24, 2.45) is 7.05 Å². The van der Waals surface area contributed by atoms with Crippen LogP contribution in [0.5, 0.6) is 0 Å². The van der Waals surface area contributed by atoms with Gasteiger partial charge in [0.2, 0.25) is 16.9 Å². The molecule has 0 unspecified atom stereocenters. The smallest absolute Gasteiger partial charge is 0.236 e. The Bertz CT molecular complexity index is 1000. The predicted octanol–water partition coefficient (Wildman–Crippen LogP) is 2.79. The minimum absolute atomic E-state index is 0.0590. The molecular weight excluding hydrogens is 434 g/mol. The molecule has 1 aromatic carbocycles. The number of benzene rings is 1. The predicted molar refractivity (Wildman–Crippen MR) is 113 cm³/mol. The lowest BCUT2D eigenvalue weighted by molar-refractivity contribution is -0.116. The van der Waals surface area contributed by atoms with Crippen LogP contribution in [0.1, 0.15) is 17.8 Å². The van der Waals surface area contributed by atoms with Gasteiger partial charge in [0.05, 0.1) is 12.2 Å². The van der Waals surface area contributed by atoms with E-state index in [1.807, 2.05) is 6.92 Å². The van der Waals surface area contributed by atoms with Crippen LogP contribution >= 0.6 is 34.7 Å². The highest BCUT2D eigenvalue weighted by Gasteiger charge is 2.15. The van der Waals surface area contributed by atoms with E-state index >= 15 is 0 Å². The van der Waals surface area contributed by atoms with E-state index in [4.69, 9.17) is 11.6 Å². The monoisotopic (exact) mass is 451 g/mol. The molecular formula is C17H18ClN7O2S2. The standard InChI is InChI=1S/C17H18ClN7O2S2/c1-3-15-22-23-16(29-15)20-14(27)9-28-17-24-21-12(25(17)2)8-13(26)19-11-6-4-10(18)5-7-11/h4-7H,3,8-9H2,1-2H3,(H,19,26)(H,20,23,27). The Morgan fingerprint density at radius 1 is 1.10 bits per heavy atom. The van der Waals surface area contributed by atoms with Gasteiger partial charge in [-0.05, 0) is 30.7 Å². The summed E-state index contributed by atoms with van der Waals surface area (Å²) in [4.78, 5) is 24.3. The molecule has 3 aromatic rings. The number of nitrogens with one attached hydrogen (secondary N) is 2. The zero-order valence-electron chi connectivity index (χ0n) is 15.7. The summed E-state index contributed by atoms with van der Waals surface area (Å²) in [5.41, 5.74) is 0.649. The summed E-state index contributed by atoms with van der Waals surface area (Å²) >= 11 is 8.41. The van der Waals surface area contributed by atoms with Crippen molar-refractivity contribution in [3.05, 3.63) is 40.1 Å². The third-order valence-electron chi connectivity index (χ3n) is 3.72. The molecule has 0 aliphatic heterocycles. The normalized spacial score (nSPS) is 10.7. The zero-order valence-corrected chi connectivity index (χ0v) is 18.1. The Kier molecular flexibility index (Phi) is 7.18. The molecule has 3 rings (SSSR count). The molecule has 2 aromatic heterocycles. The van der Waals surface area contributed by atoms with E-state index in [0.29, 0.717) is 26.8 Å². The molecule has 2 N–H and O–H groups in total. The highest BCUT2D eigenvalue weighted by molar-refractivity contribution is 7.99. The van der Waals surface area contributed by atoms with Gasteiger partial charge in [0.25, 0.3) is 0 Å². The first kappa shape index (κ1) is 21.2. The van der Waals surface area contributed by atoms with E-state index in [1.165, 1.54) is 23.1 Å². The van der Waals surface area contributed by atoms with Crippen molar-refractivity contribution >= 4 is 57.3 Å².